The van der Waals surface area contributed by atoms with E-state index < -0.39 is 0 Å². The molecule has 0 heterocycles. The normalized spacial score (nSPS) is 10.1. The van der Waals surface area contributed by atoms with Crippen molar-refractivity contribution < 1.29 is 9.53 Å². The summed E-state index contributed by atoms with van der Waals surface area (Å²) in [6.45, 7) is 2.50. The zero-order valence-electron chi connectivity index (χ0n) is 12.1. The molecule has 110 valence electrons. The van der Waals surface area contributed by atoms with Crippen LogP contribution >= 0.6 is 0 Å². The van der Waals surface area contributed by atoms with Crippen LogP contribution in [0.2, 0.25) is 0 Å². The molecule has 0 unspecified atom stereocenters. The number of carbonyl (C=O) groups is 1. The van der Waals surface area contributed by atoms with Crippen molar-refractivity contribution in [1.29, 1.82) is 0 Å². The molecule has 1 amide bonds. The molecule has 0 spiro atoms. The molecular formula is C17H20N2O2. The van der Waals surface area contributed by atoms with E-state index in [1.165, 1.54) is 0 Å². The Bertz CT molecular complexity index is 597. The van der Waals surface area contributed by atoms with Crippen LogP contribution in [-0.2, 0) is 11.2 Å². The summed E-state index contributed by atoms with van der Waals surface area (Å²) in [5.41, 5.74) is 8.36. The summed E-state index contributed by atoms with van der Waals surface area (Å²) in [6, 6.07) is 15.1. The maximum absolute atomic E-state index is 11.9. The Balaban J connectivity index is 1.88. The highest BCUT2D eigenvalue weighted by atomic mass is 16.5. The molecule has 0 radical (unpaired) electrons. The predicted molar refractivity (Wildman–Crippen MR) is 85.4 cm³/mol. The third kappa shape index (κ3) is 4.53. The second kappa shape index (κ2) is 7.33. The molecule has 0 aliphatic rings. The quantitative estimate of drug-likeness (QED) is 0.800. The fourth-order valence-electron chi connectivity index (χ4n) is 2.04. The van der Waals surface area contributed by atoms with Gasteiger partial charge >= 0.3 is 0 Å². The molecule has 0 fully saturated rings. The van der Waals surface area contributed by atoms with Crippen molar-refractivity contribution in [1.82, 2.24) is 0 Å². The average molecular weight is 284 g/mol. The number of ether oxygens (including phenoxy) is 1. The molecule has 2 rings (SSSR count). The maximum atomic E-state index is 11.9. The van der Waals surface area contributed by atoms with E-state index in [2.05, 4.69) is 5.32 Å². The molecular weight excluding hydrogens is 264 g/mol. The van der Waals surface area contributed by atoms with Crippen LogP contribution < -0.4 is 15.8 Å². The summed E-state index contributed by atoms with van der Waals surface area (Å²) in [5.74, 6) is 0.684. The van der Waals surface area contributed by atoms with Gasteiger partial charge in [-0.25, -0.2) is 0 Å². The first kappa shape index (κ1) is 14.9. The predicted octanol–water partition coefficient (Wildman–Crippen LogP) is 3.24. The van der Waals surface area contributed by atoms with Crippen LogP contribution in [-0.4, -0.2) is 12.5 Å². The van der Waals surface area contributed by atoms with Gasteiger partial charge in [-0.3, -0.25) is 4.79 Å². The first-order chi connectivity index (χ1) is 10.2. The van der Waals surface area contributed by atoms with Crippen LogP contribution in [0.5, 0.6) is 5.75 Å². The van der Waals surface area contributed by atoms with Gasteiger partial charge in [-0.2, -0.15) is 0 Å². The summed E-state index contributed by atoms with van der Waals surface area (Å²) in [7, 11) is 0. The summed E-state index contributed by atoms with van der Waals surface area (Å²) in [4.78, 5) is 11.9. The lowest BCUT2D eigenvalue weighted by Gasteiger charge is -2.09. The lowest BCUT2D eigenvalue weighted by molar-refractivity contribution is -0.116. The number of para-hydroxylation sites is 1. The number of nitrogen functional groups attached to an aromatic ring is 1. The summed E-state index contributed by atoms with van der Waals surface area (Å²) in [6.07, 6.45) is 1.07. The van der Waals surface area contributed by atoms with Gasteiger partial charge in [-0.05, 0) is 43.2 Å². The van der Waals surface area contributed by atoms with E-state index in [1.54, 1.807) is 0 Å². The minimum Gasteiger partial charge on any atom is -0.492 e. The van der Waals surface area contributed by atoms with E-state index in [0.717, 1.165) is 11.3 Å². The second-order valence-corrected chi connectivity index (χ2v) is 4.72. The molecule has 0 aliphatic carbocycles. The fraction of sp³-hybridized carbons (Fsp3) is 0.235. The molecule has 4 nitrogen and oxygen atoms in total. The highest BCUT2D eigenvalue weighted by Gasteiger charge is 2.05. The third-order valence-corrected chi connectivity index (χ3v) is 3.07. The summed E-state index contributed by atoms with van der Waals surface area (Å²) >= 11 is 0. The number of nitrogens with two attached hydrogens (primary N) is 1. The smallest absolute Gasteiger partial charge is 0.224 e. The van der Waals surface area contributed by atoms with Gasteiger partial charge in [-0.15, -0.1) is 0 Å². The largest absolute Gasteiger partial charge is 0.492 e. The topological polar surface area (TPSA) is 64.3 Å². The van der Waals surface area contributed by atoms with E-state index in [0.29, 0.717) is 30.9 Å². The van der Waals surface area contributed by atoms with Crippen LogP contribution in [0.15, 0.2) is 48.5 Å². The Morgan fingerprint density at radius 3 is 2.62 bits per heavy atom. The number of hydrogen-bond acceptors (Lipinski definition) is 3. The minimum atomic E-state index is -0.00587. The number of carbonyl (C=O) groups excluding carboxylic acids is 1. The van der Waals surface area contributed by atoms with Crippen LogP contribution in [0.3, 0.4) is 0 Å². The molecule has 2 aromatic carbocycles. The Labute approximate surface area is 124 Å². The Morgan fingerprint density at radius 1 is 1.19 bits per heavy atom. The van der Waals surface area contributed by atoms with Crippen molar-refractivity contribution in [2.75, 3.05) is 17.7 Å². The number of aryl methyl sites for hydroxylation is 1. The Kier molecular flexibility index (Phi) is 5.21. The molecule has 0 saturated carbocycles. The van der Waals surface area contributed by atoms with Crippen LogP contribution in [0.25, 0.3) is 0 Å². The summed E-state index contributed by atoms with van der Waals surface area (Å²) in [5, 5.41) is 2.86. The zero-order chi connectivity index (χ0) is 15.1. The Hall–Kier alpha value is -2.49. The van der Waals surface area contributed by atoms with Crippen molar-refractivity contribution in [3.8, 4) is 5.75 Å². The minimum absolute atomic E-state index is 0.00587. The van der Waals surface area contributed by atoms with Gasteiger partial charge < -0.3 is 15.8 Å². The van der Waals surface area contributed by atoms with E-state index in [9.17, 15) is 4.79 Å². The number of nitrogens with one attached hydrogen (secondary N) is 1. The van der Waals surface area contributed by atoms with Gasteiger partial charge in [0.05, 0.1) is 12.3 Å². The molecule has 3 N–H and O–H groups in total. The number of rotatable bonds is 6. The summed E-state index contributed by atoms with van der Waals surface area (Å²) < 4.78 is 5.39. The average Bonchev–Trinajstić information content (AvgIpc) is 2.49. The van der Waals surface area contributed by atoms with E-state index in [-0.39, 0.29) is 5.91 Å². The maximum Gasteiger partial charge on any atom is 0.224 e. The lowest BCUT2D eigenvalue weighted by atomic mass is 10.1. The Morgan fingerprint density at radius 2 is 1.95 bits per heavy atom. The van der Waals surface area contributed by atoms with Gasteiger partial charge in [0.2, 0.25) is 5.91 Å². The molecule has 2 aromatic rings. The van der Waals surface area contributed by atoms with Crippen LogP contribution in [0, 0.1) is 0 Å². The number of benzene rings is 2. The van der Waals surface area contributed by atoms with Crippen molar-refractivity contribution in [3.63, 3.8) is 0 Å². The van der Waals surface area contributed by atoms with Gasteiger partial charge in [-0.1, -0.05) is 24.3 Å². The first-order valence-electron chi connectivity index (χ1n) is 7.05. The molecule has 4 heteroatoms. The van der Waals surface area contributed by atoms with E-state index in [1.807, 2.05) is 55.5 Å². The van der Waals surface area contributed by atoms with Crippen molar-refractivity contribution in [2.24, 2.45) is 0 Å². The molecule has 0 bridgehead atoms. The van der Waals surface area contributed by atoms with Gasteiger partial charge in [0.25, 0.3) is 0 Å². The third-order valence-electron chi connectivity index (χ3n) is 3.07. The van der Waals surface area contributed by atoms with E-state index >= 15 is 0 Å². The second-order valence-electron chi connectivity index (χ2n) is 4.72. The molecule has 0 aromatic heterocycles. The van der Waals surface area contributed by atoms with Gasteiger partial charge in [0, 0.05) is 12.1 Å². The highest BCUT2D eigenvalue weighted by Crippen LogP contribution is 2.23. The van der Waals surface area contributed by atoms with Crippen molar-refractivity contribution >= 4 is 17.3 Å². The highest BCUT2D eigenvalue weighted by molar-refractivity contribution is 5.90. The zero-order valence-corrected chi connectivity index (χ0v) is 12.1. The molecule has 0 atom stereocenters. The molecule has 0 aliphatic heterocycles. The number of anilines is 2. The van der Waals surface area contributed by atoms with Gasteiger partial charge in [0.15, 0.2) is 0 Å². The number of amides is 1. The van der Waals surface area contributed by atoms with Crippen molar-refractivity contribution in [2.45, 2.75) is 19.8 Å². The lowest BCUT2D eigenvalue weighted by Crippen LogP contribution is -2.12. The van der Waals surface area contributed by atoms with Crippen LogP contribution in [0.4, 0.5) is 11.4 Å². The fourth-order valence-corrected chi connectivity index (χ4v) is 2.04. The number of hydrogen-bond donors (Lipinski definition) is 2. The SMILES string of the molecule is CCOc1ccc(CCC(=O)Nc2ccccc2)cc1N. The van der Waals surface area contributed by atoms with E-state index in [4.69, 9.17) is 10.5 Å². The van der Waals surface area contributed by atoms with Crippen molar-refractivity contribution in [3.05, 3.63) is 54.1 Å². The standard InChI is InChI=1S/C17H20N2O2/c1-2-21-16-10-8-13(12-15(16)18)9-11-17(20)19-14-6-4-3-5-7-14/h3-8,10,12H,2,9,11,18H2,1H3,(H,19,20). The van der Waals surface area contributed by atoms with Crippen LogP contribution in [0.1, 0.15) is 18.9 Å². The van der Waals surface area contributed by atoms with Gasteiger partial charge in [0.1, 0.15) is 5.75 Å². The first-order valence-corrected chi connectivity index (χ1v) is 7.05. The molecule has 0 saturated heterocycles. The monoisotopic (exact) mass is 284 g/mol. The molecule has 21 heavy (non-hydrogen) atoms.